The maximum atomic E-state index is 5.77. The molecule has 114 valence electrons. The lowest BCUT2D eigenvalue weighted by atomic mass is 9.92. The van der Waals surface area contributed by atoms with Gasteiger partial charge in [0, 0.05) is 18.5 Å². The molecule has 3 heterocycles. The van der Waals surface area contributed by atoms with Crippen LogP contribution in [-0.4, -0.2) is 20.3 Å². The third-order valence-corrected chi connectivity index (χ3v) is 3.72. The molecule has 0 atom stereocenters. The molecule has 0 saturated heterocycles. The molecule has 3 aromatic rings. The average molecular weight is 298 g/mol. The first-order valence-corrected chi connectivity index (χ1v) is 7.58. The topological polar surface area (TPSA) is 77.8 Å². The molecule has 6 heteroatoms. The van der Waals surface area contributed by atoms with Crippen LogP contribution in [0.15, 0.2) is 21.2 Å². The zero-order valence-corrected chi connectivity index (χ0v) is 13.0. The van der Waals surface area contributed by atoms with E-state index in [1.807, 2.05) is 6.07 Å². The minimum Gasteiger partial charge on any atom is -0.421 e. The SMILES string of the molecule is CC(C)(C)Cc1nnc(-c2cnc3onc(C4CC4)c3c2)o1. The Kier molecular flexibility index (Phi) is 2.82. The maximum Gasteiger partial charge on any atom is 0.257 e. The molecule has 22 heavy (non-hydrogen) atoms. The van der Waals surface area contributed by atoms with Crippen molar-refractivity contribution < 1.29 is 8.94 Å². The Labute approximate surface area is 127 Å². The number of rotatable bonds is 3. The zero-order valence-electron chi connectivity index (χ0n) is 13.0. The molecule has 6 nitrogen and oxygen atoms in total. The van der Waals surface area contributed by atoms with Crippen molar-refractivity contribution in [1.82, 2.24) is 20.3 Å². The lowest BCUT2D eigenvalue weighted by Gasteiger charge is -2.14. The highest BCUT2D eigenvalue weighted by Crippen LogP contribution is 2.42. The number of pyridine rings is 1. The van der Waals surface area contributed by atoms with Crippen LogP contribution in [-0.2, 0) is 6.42 Å². The van der Waals surface area contributed by atoms with Gasteiger partial charge in [-0.1, -0.05) is 25.9 Å². The second kappa shape index (κ2) is 4.63. The summed E-state index contributed by atoms with van der Waals surface area (Å²) < 4.78 is 11.1. The fourth-order valence-electron chi connectivity index (χ4n) is 2.51. The molecule has 0 unspecified atom stereocenters. The molecule has 0 radical (unpaired) electrons. The summed E-state index contributed by atoms with van der Waals surface area (Å²) in [5, 5.41) is 13.4. The summed E-state index contributed by atoms with van der Waals surface area (Å²) in [6.45, 7) is 6.43. The second-order valence-corrected chi connectivity index (χ2v) is 7.16. The van der Waals surface area contributed by atoms with Gasteiger partial charge in [0.15, 0.2) is 0 Å². The van der Waals surface area contributed by atoms with Crippen LogP contribution < -0.4 is 0 Å². The Hall–Kier alpha value is -2.24. The summed E-state index contributed by atoms with van der Waals surface area (Å²) in [6, 6.07) is 1.99. The summed E-state index contributed by atoms with van der Waals surface area (Å²) in [6.07, 6.45) is 4.78. The predicted octanol–water partition coefficient (Wildman–Crippen LogP) is 3.74. The van der Waals surface area contributed by atoms with E-state index in [0.29, 0.717) is 23.4 Å². The number of nitrogens with zero attached hydrogens (tertiary/aromatic N) is 4. The number of hydrogen-bond donors (Lipinski definition) is 0. The molecule has 0 aliphatic heterocycles. The Bertz CT molecular complexity index is 824. The molecule has 0 N–H and O–H groups in total. The van der Waals surface area contributed by atoms with E-state index in [-0.39, 0.29) is 5.41 Å². The monoisotopic (exact) mass is 298 g/mol. The number of fused-ring (bicyclic) bond motifs is 1. The predicted molar refractivity (Wildman–Crippen MR) is 80.2 cm³/mol. The minimum absolute atomic E-state index is 0.111. The average Bonchev–Trinajstić information content (AvgIpc) is 3.04. The molecule has 4 rings (SSSR count). The van der Waals surface area contributed by atoms with Crippen molar-refractivity contribution >= 4 is 11.1 Å². The highest BCUT2D eigenvalue weighted by atomic mass is 16.5. The highest BCUT2D eigenvalue weighted by Gasteiger charge is 2.29. The smallest absolute Gasteiger partial charge is 0.257 e. The molecule has 0 spiro atoms. The summed E-state index contributed by atoms with van der Waals surface area (Å²) in [7, 11) is 0. The lowest BCUT2D eigenvalue weighted by molar-refractivity contribution is 0.357. The summed E-state index contributed by atoms with van der Waals surface area (Å²) >= 11 is 0. The molecule has 1 aliphatic carbocycles. The third-order valence-electron chi connectivity index (χ3n) is 3.72. The molecule has 0 aromatic carbocycles. The Morgan fingerprint density at radius 2 is 2.05 bits per heavy atom. The number of aromatic nitrogens is 4. The molecule has 0 amide bonds. The molecule has 1 saturated carbocycles. The van der Waals surface area contributed by atoms with Crippen LogP contribution in [0, 0.1) is 5.41 Å². The fourth-order valence-corrected chi connectivity index (χ4v) is 2.51. The van der Waals surface area contributed by atoms with Crippen LogP contribution in [0.25, 0.3) is 22.6 Å². The van der Waals surface area contributed by atoms with Crippen LogP contribution in [0.5, 0.6) is 0 Å². The third kappa shape index (κ3) is 2.49. The maximum absolute atomic E-state index is 5.77. The molecule has 1 aliphatic rings. The van der Waals surface area contributed by atoms with Gasteiger partial charge in [-0.25, -0.2) is 4.98 Å². The first-order chi connectivity index (χ1) is 10.5. The van der Waals surface area contributed by atoms with Crippen LogP contribution in [0.3, 0.4) is 0 Å². The zero-order chi connectivity index (χ0) is 15.3. The van der Waals surface area contributed by atoms with Crippen molar-refractivity contribution in [1.29, 1.82) is 0 Å². The van der Waals surface area contributed by atoms with Gasteiger partial charge in [0.2, 0.25) is 11.8 Å². The Morgan fingerprint density at radius 1 is 1.23 bits per heavy atom. The summed E-state index contributed by atoms with van der Waals surface area (Å²) in [5.41, 5.74) is 2.49. The van der Waals surface area contributed by atoms with E-state index in [1.165, 1.54) is 12.8 Å². The van der Waals surface area contributed by atoms with Gasteiger partial charge in [-0.05, 0) is 24.3 Å². The summed E-state index contributed by atoms with van der Waals surface area (Å²) in [5.74, 6) is 1.66. The van der Waals surface area contributed by atoms with Crippen molar-refractivity contribution in [2.75, 3.05) is 0 Å². The van der Waals surface area contributed by atoms with E-state index in [1.54, 1.807) is 6.20 Å². The van der Waals surface area contributed by atoms with E-state index >= 15 is 0 Å². The minimum atomic E-state index is 0.111. The standard InChI is InChI=1S/C16H18N4O2/c1-16(2,3)7-12-18-19-14(21-12)10-6-11-13(9-4-5-9)20-22-15(11)17-8-10/h6,8-9H,4-5,7H2,1-3H3. The van der Waals surface area contributed by atoms with Crippen molar-refractivity contribution in [2.24, 2.45) is 5.41 Å². The first-order valence-electron chi connectivity index (χ1n) is 7.58. The van der Waals surface area contributed by atoms with Gasteiger partial charge in [0.05, 0.1) is 16.6 Å². The van der Waals surface area contributed by atoms with Gasteiger partial charge in [0.1, 0.15) is 0 Å². The van der Waals surface area contributed by atoms with Crippen molar-refractivity contribution in [3.8, 4) is 11.5 Å². The van der Waals surface area contributed by atoms with Gasteiger partial charge in [-0.15, -0.1) is 10.2 Å². The first kappa shape index (κ1) is 13.4. The number of hydrogen-bond acceptors (Lipinski definition) is 6. The van der Waals surface area contributed by atoms with Gasteiger partial charge < -0.3 is 8.94 Å². The quantitative estimate of drug-likeness (QED) is 0.733. The highest BCUT2D eigenvalue weighted by molar-refractivity contribution is 5.81. The summed E-state index contributed by atoms with van der Waals surface area (Å²) in [4.78, 5) is 4.32. The van der Waals surface area contributed by atoms with E-state index in [2.05, 4.69) is 41.1 Å². The van der Waals surface area contributed by atoms with E-state index in [9.17, 15) is 0 Å². The molecule has 3 aromatic heterocycles. The fraction of sp³-hybridized carbons (Fsp3) is 0.500. The van der Waals surface area contributed by atoms with Crippen molar-refractivity contribution in [2.45, 2.75) is 46.0 Å². The van der Waals surface area contributed by atoms with Gasteiger partial charge >= 0.3 is 0 Å². The second-order valence-electron chi connectivity index (χ2n) is 7.16. The van der Waals surface area contributed by atoms with Crippen LogP contribution in [0.4, 0.5) is 0 Å². The lowest BCUT2D eigenvalue weighted by Crippen LogP contribution is -2.09. The van der Waals surface area contributed by atoms with E-state index < -0.39 is 0 Å². The molecule has 0 bridgehead atoms. The molecule has 1 fully saturated rings. The Balaban J connectivity index is 1.70. The normalized spacial score (nSPS) is 15.6. The van der Waals surface area contributed by atoms with Crippen molar-refractivity contribution in [3.63, 3.8) is 0 Å². The van der Waals surface area contributed by atoms with E-state index in [4.69, 9.17) is 8.94 Å². The molecular formula is C16H18N4O2. The van der Waals surface area contributed by atoms with Gasteiger partial charge in [-0.3, -0.25) is 0 Å². The van der Waals surface area contributed by atoms with Gasteiger partial charge in [0.25, 0.3) is 5.71 Å². The largest absolute Gasteiger partial charge is 0.421 e. The molecular weight excluding hydrogens is 280 g/mol. The van der Waals surface area contributed by atoms with Crippen LogP contribution in [0.2, 0.25) is 0 Å². The van der Waals surface area contributed by atoms with Crippen molar-refractivity contribution in [3.05, 3.63) is 23.8 Å². The van der Waals surface area contributed by atoms with Crippen LogP contribution >= 0.6 is 0 Å². The Morgan fingerprint density at radius 3 is 2.77 bits per heavy atom. The van der Waals surface area contributed by atoms with Crippen LogP contribution in [0.1, 0.15) is 51.1 Å². The van der Waals surface area contributed by atoms with Gasteiger partial charge in [-0.2, -0.15) is 0 Å². The van der Waals surface area contributed by atoms with E-state index in [0.717, 1.165) is 23.1 Å².